The summed E-state index contributed by atoms with van der Waals surface area (Å²) >= 11 is 0. The number of fused-ring (bicyclic) bond motifs is 3. The van der Waals surface area contributed by atoms with E-state index < -0.39 is 0 Å². The molecule has 0 amide bonds. The summed E-state index contributed by atoms with van der Waals surface area (Å²) in [7, 11) is 0. The number of rotatable bonds is 1. The number of aromatic nitrogens is 2. The summed E-state index contributed by atoms with van der Waals surface area (Å²) in [5.74, 6) is 0.322. The number of nitrogens with zero attached hydrogens (tertiary/aromatic N) is 2. The SMILES string of the molecule is Oc1ccn2c3c(c(-c4ccncc4)c2c1)CCCC3. The van der Waals surface area contributed by atoms with Gasteiger partial charge in [0.25, 0.3) is 0 Å². The Morgan fingerprint density at radius 3 is 2.70 bits per heavy atom. The third-order valence-electron chi connectivity index (χ3n) is 4.19. The minimum Gasteiger partial charge on any atom is -0.508 e. The fourth-order valence-corrected chi connectivity index (χ4v) is 3.34. The quantitative estimate of drug-likeness (QED) is 0.729. The van der Waals surface area contributed by atoms with Crippen molar-refractivity contribution in [2.24, 2.45) is 0 Å². The Morgan fingerprint density at radius 1 is 1.05 bits per heavy atom. The largest absolute Gasteiger partial charge is 0.508 e. The molecule has 3 aromatic heterocycles. The van der Waals surface area contributed by atoms with E-state index in [1.165, 1.54) is 35.2 Å². The molecule has 3 aromatic rings. The fraction of sp³-hybridized carbons (Fsp3) is 0.235. The van der Waals surface area contributed by atoms with Crippen LogP contribution in [0.5, 0.6) is 5.75 Å². The highest BCUT2D eigenvalue weighted by Crippen LogP contribution is 2.38. The zero-order valence-electron chi connectivity index (χ0n) is 11.2. The second-order valence-electron chi connectivity index (χ2n) is 5.38. The Balaban J connectivity index is 2.10. The van der Waals surface area contributed by atoms with Gasteiger partial charge < -0.3 is 9.51 Å². The normalized spacial score (nSPS) is 14.4. The summed E-state index contributed by atoms with van der Waals surface area (Å²) in [5.41, 5.74) is 6.39. The molecule has 100 valence electrons. The van der Waals surface area contributed by atoms with Gasteiger partial charge in [-0.25, -0.2) is 0 Å². The molecular weight excluding hydrogens is 248 g/mol. The van der Waals surface area contributed by atoms with Crippen molar-refractivity contribution >= 4 is 5.52 Å². The van der Waals surface area contributed by atoms with E-state index >= 15 is 0 Å². The maximum Gasteiger partial charge on any atom is 0.119 e. The first-order chi connectivity index (χ1) is 9.84. The van der Waals surface area contributed by atoms with Crippen molar-refractivity contribution in [3.05, 3.63) is 54.1 Å². The molecule has 0 saturated heterocycles. The number of aryl methyl sites for hydroxylation is 1. The monoisotopic (exact) mass is 264 g/mol. The van der Waals surface area contributed by atoms with Gasteiger partial charge in [0.15, 0.2) is 0 Å². The number of aromatic hydroxyl groups is 1. The lowest BCUT2D eigenvalue weighted by molar-refractivity contribution is 0.475. The molecule has 20 heavy (non-hydrogen) atoms. The van der Waals surface area contributed by atoms with Crippen molar-refractivity contribution < 1.29 is 5.11 Å². The molecule has 0 bridgehead atoms. The molecule has 4 rings (SSSR count). The van der Waals surface area contributed by atoms with Crippen LogP contribution in [0.15, 0.2) is 42.9 Å². The first-order valence-electron chi connectivity index (χ1n) is 7.10. The van der Waals surface area contributed by atoms with Crippen molar-refractivity contribution in [3.8, 4) is 16.9 Å². The highest BCUT2D eigenvalue weighted by atomic mass is 16.3. The van der Waals surface area contributed by atoms with Crippen LogP contribution in [0.3, 0.4) is 0 Å². The predicted octanol–water partition coefficient (Wildman–Crippen LogP) is 3.59. The second-order valence-corrected chi connectivity index (χ2v) is 5.38. The third-order valence-corrected chi connectivity index (χ3v) is 4.19. The Bertz CT molecular complexity index is 775. The molecule has 0 fully saturated rings. The van der Waals surface area contributed by atoms with Gasteiger partial charge in [-0.3, -0.25) is 4.98 Å². The number of hydrogen-bond acceptors (Lipinski definition) is 2. The van der Waals surface area contributed by atoms with E-state index in [2.05, 4.69) is 9.38 Å². The van der Waals surface area contributed by atoms with Crippen molar-refractivity contribution in [3.63, 3.8) is 0 Å². The van der Waals surface area contributed by atoms with E-state index in [0.29, 0.717) is 5.75 Å². The molecule has 3 heteroatoms. The first-order valence-corrected chi connectivity index (χ1v) is 7.10. The second kappa shape index (κ2) is 4.37. The van der Waals surface area contributed by atoms with E-state index in [1.807, 2.05) is 36.8 Å². The van der Waals surface area contributed by atoms with Crippen molar-refractivity contribution in [1.82, 2.24) is 9.38 Å². The van der Waals surface area contributed by atoms with E-state index in [-0.39, 0.29) is 0 Å². The van der Waals surface area contributed by atoms with Gasteiger partial charge in [0.2, 0.25) is 0 Å². The van der Waals surface area contributed by atoms with Crippen molar-refractivity contribution in [2.45, 2.75) is 25.7 Å². The van der Waals surface area contributed by atoms with Gasteiger partial charge in [-0.05, 0) is 55.0 Å². The van der Waals surface area contributed by atoms with Gasteiger partial charge in [0.05, 0.1) is 5.52 Å². The topological polar surface area (TPSA) is 37.5 Å². The molecule has 1 aliphatic rings. The Morgan fingerprint density at radius 2 is 1.85 bits per heavy atom. The molecule has 0 atom stereocenters. The lowest BCUT2D eigenvalue weighted by atomic mass is 9.92. The average Bonchev–Trinajstić information content (AvgIpc) is 2.81. The standard InChI is InChI=1S/C17H16N2O/c20-13-7-10-19-15-4-2-1-3-14(15)17(16(19)11-13)12-5-8-18-9-6-12/h5-11,20H,1-4H2. The van der Waals surface area contributed by atoms with Gasteiger partial charge in [-0.2, -0.15) is 0 Å². The van der Waals surface area contributed by atoms with E-state index in [4.69, 9.17) is 0 Å². The van der Waals surface area contributed by atoms with Gasteiger partial charge >= 0.3 is 0 Å². The summed E-state index contributed by atoms with van der Waals surface area (Å²) in [6, 6.07) is 7.73. The zero-order valence-corrected chi connectivity index (χ0v) is 11.2. The smallest absolute Gasteiger partial charge is 0.119 e. The molecule has 0 aromatic carbocycles. The van der Waals surface area contributed by atoms with E-state index in [1.54, 1.807) is 6.07 Å². The number of pyridine rings is 2. The van der Waals surface area contributed by atoms with Crippen LogP contribution >= 0.6 is 0 Å². The van der Waals surface area contributed by atoms with Crippen LogP contribution in [0.2, 0.25) is 0 Å². The minimum absolute atomic E-state index is 0.322. The summed E-state index contributed by atoms with van der Waals surface area (Å²) < 4.78 is 2.24. The number of hydrogen-bond donors (Lipinski definition) is 1. The molecule has 1 aliphatic carbocycles. The van der Waals surface area contributed by atoms with Crippen LogP contribution in [-0.4, -0.2) is 14.5 Å². The van der Waals surface area contributed by atoms with E-state index in [9.17, 15) is 5.11 Å². The van der Waals surface area contributed by atoms with Crippen LogP contribution in [0, 0.1) is 0 Å². The van der Waals surface area contributed by atoms with Gasteiger partial charge in [0.1, 0.15) is 5.75 Å². The molecule has 1 N–H and O–H groups in total. The first kappa shape index (κ1) is 11.5. The van der Waals surface area contributed by atoms with Crippen molar-refractivity contribution in [2.75, 3.05) is 0 Å². The zero-order chi connectivity index (χ0) is 13.5. The van der Waals surface area contributed by atoms with E-state index in [0.717, 1.165) is 18.4 Å². The molecule has 0 unspecified atom stereocenters. The van der Waals surface area contributed by atoms with Crippen LogP contribution in [0.1, 0.15) is 24.1 Å². The summed E-state index contributed by atoms with van der Waals surface area (Å²) in [5, 5.41) is 9.84. The third kappa shape index (κ3) is 1.63. The predicted molar refractivity (Wildman–Crippen MR) is 78.9 cm³/mol. The van der Waals surface area contributed by atoms with Crippen LogP contribution < -0.4 is 0 Å². The fourth-order valence-electron chi connectivity index (χ4n) is 3.34. The Hall–Kier alpha value is -2.29. The highest BCUT2D eigenvalue weighted by Gasteiger charge is 2.21. The van der Waals surface area contributed by atoms with Gasteiger partial charge in [-0.15, -0.1) is 0 Å². The van der Waals surface area contributed by atoms with Crippen LogP contribution in [0.4, 0.5) is 0 Å². The molecule has 0 radical (unpaired) electrons. The molecule has 3 heterocycles. The van der Waals surface area contributed by atoms with Crippen LogP contribution in [0.25, 0.3) is 16.6 Å². The lowest BCUT2D eigenvalue weighted by Crippen LogP contribution is -2.03. The van der Waals surface area contributed by atoms with Crippen molar-refractivity contribution in [1.29, 1.82) is 0 Å². The molecule has 0 saturated carbocycles. The van der Waals surface area contributed by atoms with Crippen LogP contribution in [-0.2, 0) is 12.8 Å². The highest BCUT2D eigenvalue weighted by molar-refractivity contribution is 5.86. The Kier molecular flexibility index (Phi) is 2.52. The molecular formula is C17H16N2O. The maximum absolute atomic E-state index is 9.84. The average molecular weight is 264 g/mol. The maximum atomic E-state index is 9.84. The summed E-state index contributed by atoms with van der Waals surface area (Å²) in [6.07, 6.45) is 10.4. The summed E-state index contributed by atoms with van der Waals surface area (Å²) in [6.45, 7) is 0. The molecule has 0 spiro atoms. The molecule has 0 aliphatic heterocycles. The summed E-state index contributed by atoms with van der Waals surface area (Å²) in [4.78, 5) is 4.11. The molecule has 3 nitrogen and oxygen atoms in total. The minimum atomic E-state index is 0.322. The van der Waals surface area contributed by atoms with Gasteiger partial charge in [-0.1, -0.05) is 0 Å². The Labute approximate surface area is 117 Å². The van der Waals surface area contributed by atoms with Gasteiger partial charge in [0, 0.05) is 35.9 Å². The lowest BCUT2D eigenvalue weighted by Gasteiger charge is -2.13.